The minimum absolute atomic E-state index is 0.625. The third-order valence-electron chi connectivity index (χ3n) is 3.40. The first kappa shape index (κ1) is 13.1. The van der Waals surface area contributed by atoms with Crippen molar-refractivity contribution in [2.75, 3.05) is 13.1 Å². The molecule has 0 saturated carbocycles. The predicted octanol–water partition coefficient (Wildman–Crippen LogP) is 1.63. The average molecular weight is 302 g/mol. The van der Waals surface area contributed by atoms with Gasteiger partial charge in [0.1, 0.15) is 0 Å². The summed E-state index contributed by atoms with van der Waals surface area (Å²) in [5.41, 5.74) is 1.48. The molecular formula is C12H20BrN3O. The topological polar surface area (TPSA) is 50.1 Å². The van der Waals surface area contributed by atoms with E-state index < -0.39 is 5.60 Å². The van der Waals surface area contributed by atoms with Gasteiger partial charge in [-0.15, -0.1) is 0 Å². The highest BCUT2D eigenvalue weighted by molar-refractivity contribution is 9.10. The molecule has 1 aliphatic rings. The zero-order valence-corrected chi connectivity index (χ0v) is 12.0. The van der Waals surface area contributed by atoms with Crippen molar-refractivity contribution in [3.8, 4) is 0 Å². The Morgan fingerprint density at radius 3 is 2.94 bits per heavy atom. The number of nitrogens with zero attached hydrogens (tertiary/aromatic N) is 2. The Kier molecular flexibility index (Phi) is 3.90. The second-order valence-electron chi connectivity index (χ2n) is 4.84. The van der Waals surface area contributed by atoms with Gasteiger partial charge in [-0.2, -0.15) is 5.10 Å². The molecular weight excluding hydrogens is 282 g/mol. The van der Waals surface area contributed by atoms with Crippen LogP contribution in [0, 0.1) is 6.92 Å². The number of β-amino-alcohol motifs (C(OH)–C–C–N with tert-alkyl or cyclic N) is 1. The largest absolute Gasteiger partial charge is 0.388 e. The van der Waals surface area contributed by atoms with E-state index in [4.69, 9.17) is 0 Å². The van der Waals surface area contributed by atoms with Crippen LogP contribution in [0.5, 0.6) is 0 Å². The normalized spacial score (nSPS) is 25.2. The van der Waals surface area contributed by atoms with Crippen molar-refractivity contribution in [2.45, 2.75) is 45.3 Å². The van der Waals surface area contributed by atoms with Gasteiger partial charge in [0.2, 0.25) is 0 Å². The quantitative estimate of drug-likeness (QED) is 0.892. The van der Waals surface area contributed by atoms with Crippen LogP contribution in [0.2, 0.25) is 0 Å². The fourth-order valence-electron chi connectivity index (χ4n) is 2.45. The molecule has 0 aromatic carbocycles. The number of aromatic nitrogens is 2. The number of nitrogens with one attached hydrogen (secondary N) is 1. The van der Waals surface area contributed by atoms with Crippen LogP contribution in [0.3, 0.4) is 0 Å². The van der Waals surface area contributed by atoms with E-state index in [0.29, 0.717) is 13.0 Å². The molecule has 1 fully saturated rings. The molecule has 1 aliphatic heterocycles. The van der Waals surface area contributed by atoms with Crippen molar-refractivity contribution < 1.29 is 5.11 Å². The average Bonchev–Trinajstić information content (AvgIpc) is 2.57. The number of halogens is 1. The van der Waals surface area contributed by atoms with Crippen LogP contribution in [0.15, 0.2) is 4.47 Å². The molecule has 0 radical (unpaired) electrons. The maximum atomic E-state index is 10.6. The van der Waals surface area contributed by atoms with Crippen LogP contribution in [0.25, 0.3) is 0 Å². The Morgan fingerprint density at radius 1 is 1.59 bits per heavy atom. The fraction of sp³-hybridized carbons (Fsp3) is 0.750. The van der Waals surface area contributed by atoms with Crippen LogP contribution in [0.1, 0.15) is 31.2 Å². The number of piperidine rings is 1. The molecule has 1 atom stereocenters. The van der Waals surface area contributed by atoms with Gasteiger partial charge in [-0.3, -0.25) is 4.68 Å². The van der Waals surface area contributed by atoms with Crippen LogP contribution < -0.4 is 5.32 Å². The molecule has 1 aromatic heterocycles. The predicted molar refractivity (Wildman–Crippen MR) is 71.1 cm³/mol. The van der Waals surface area contributed by atoms with E-state index in [9.17, 15) is 5.11 Å². The number of hydrogen-bond donors (Lipinski definition) is 2. The van der Waals surface area contributed by atoms with Crippen molar-refractivity contribution in [3.63, 3.8) is 0 Å². The van der Waals surface area contributed by atoms with Crippen LogP contribution >= 0.6 is 15.9 Å². The van der Waals surface area contributed by atoms with Crippen LogP contribution in [-0.4, -0.2) is 33.6 Å². The molecule has 5 heteroatoms. The molecule has 2 N–H and O–H groups in total. The van der Waals surface area contributed by atoms with Gasteiger partial charge in [0.15, 0.2) is 0 Å². The summed E-state index contributed by atoms with van der Waals surface area (Å²) in [4.78, 5) is 0. The first-order chi connectivity index (χ1) is 8.06. The minimum atomic E-state index is -0.625. The first-order valence-corrected chi connectivity index (χ1v) is 7.00. The van der Waals surface area contributed by atoms with Gasteiger partial charge in [-0.25, -0.2) is 0 Å². The Morgan fingerprint density at radius 2 is 2.35 bits per heavy atom. The Labute approximate surface area is 111 Å². The van der Waals surface area contributed by atoms with E-state index in [0.717, 1.165) is 41.8 Å². The molecule has 96 valence electrons. The summed E-state index contributed by atoms with van der Waals surface area (Å²) in [6.45, 7) is 6.59. The summed E-state index contributed by atoms with van der Waals surface area (Å²) in [6.07, 6.45) is 2.56. The highest BCUT2D eigenvalue weighted by Gasteiger charge is 2.31. The molecule has 2 rings (SSSR count). The minimum Gasteiger partial charge on any atom is -0.388 e. The van der Waals surface area contributed by atoms with Crippen molar-refractivity contribution >= 4 is 15.9 Å². The van der Waals surface area contributed by atoms with Crippen molar-refractivity contribution in [2.24, 2.45) is 0 Å². The van der Waals surface area contributed by atoms with E-state index in [1.807, 2.05) is 11.6 Å². The lowest BCUT2D eigenvalue weighted by Crippen LogP contribution is -2.47. The lowest BCUT2D eigenvalue weighted by atomic mass is 9.89. The van der Waals surface area contributed by atoms with Gasteiger partial charge in [0.25, 0.3) is 0 Å². The first-order valence-electron chi connectivity index (χ1n) is 6.20. The molecule has 4 nitrogen and oxygen atoms in total. The number of aliphatic hydroxyl groups is 1. The highest BCUT2D eigenvalue weighted by atomic mass is 79.9. The van der Waals surface area contributed by atoms with E-state index >= 15 is 0 Å². The van der Waals surface area contributed by atoms with Crippen LogP contribution in [-0.2, 0) is 13.0 Å². The summed E-state index contributed by atoms with van der Waals surface area (Å²) in [7, 11) is 0. The molecule has 1 unspecified atom stereocenters. The van der Waals surface area contributed by atoms with Gasteiger partial charge < -0.3 is 10.4 Å². The Hall–Kier alpha value is -0.390. The molecule has 17 heavy (non-hydrogen) atoms. The number of hydrogen-bond acceptors (Lipinski definition) is 3. The third kappa shape index (κ3) is 2.72. The van der Waals surface area contributed by atoms with Crippen molar-refractivity contribution in [1.29, 1.82) is 0 Å². The Balaban J connectivity index is 2.22. The second kappa shape index (κ2) is 5.08. The molecule has 2 heterocycles. The fourth-order valence-corrected chi connectivity index (χ4v) is 2.88. The standard InChI is InChI=1S/C12H20BrN3O/c1-3-16-10(11(13)9(2)15-16)7-12(17)5-4-6-14-8-12/h14,17H,3-8H2,1-2H3. The molecule has 1 saturated heterocycles. The van der Waals surface area contributed by atoms with E-state index in [2.05, 4.69) is 33.3 Å². The molecule has 1 aromatic rings. The number of rotatable bonds is 3. The summed E-state index contributed by atoms with van der Waals surface area (Å²) >= 11 is 3.58. The van der Waals surface area contributed by atoms with Crippen molar-refractivity contribution in [3.05, 3.63) is 15.9 Å². The van der Waals surface area contributed by atoms with Gasteiger partial charge in [0.05, 0.1) is 21.5 Å². The van der Waals surface area contributed by atoms with Gasteiger partial charge >= 0.3 is 0 Å². The van der Waals surface area contributed by atoms with E-state index in [-0.39, 0.29) is 0 Å². The maximum absolute atomic E-state index is 10.6. The van der Waals surface area contributed by atoms with Gasteiger partial charge in [0, 0.05) is 19.5 Å². The number of aryl methyl sites for hydroxylation is 2. The summed E-state index contributed by atoms with van der Waals surface area (Å²) < 4.78 is 3.02. The summed E-state index contributed by atoms with van der Waals surface area (Å²) in [6, 6.07) is 0. The van der Waals surface area contributed by atoms with E-state index in [1.54, 1.807) is 0 Å². The molecule has 0 spiro atoms. The SMILES string of the molecule is CCn1nc(C)c(Br)c1CC1(O)CCCNC1. The molecule has 0 amide bonds. The molecule has 0 aliphatic carbocycles. The highest BCUT2D eigenvalue weighted by Crippen LogP contribution is 2.28. The van der Waals surface area contributed by atoms with E-state index in [1.165, 1.54) is 0 Å². The van der Waals surface area contributed by atoms with Gasteiger partial charge in [-0.05, 0) is 49.2 Å². The maximum Gasteiger partial charge on any atom is 0.0827 e. The Bertz CT molecular complexity index is 397. The second-order valence-corrected chi connectivity index (χ2v) is 5.64. The smallest absolute Gasteiger partial charge is 0.0827 e. The lowest BCUT2D eigenvalue weighted by Gasteiger charge is -2.32. The zero-order chi connectivity index (χ0) is 12.5. The third-order valence-corrected chi connectivity index (χ3v) is 4.43. The van der Waals surface area contributed by atoms with Gasteiger partial charge in [-0.1, -0.05) is 0 Å². The summed E-state index contributed by atoms with van der Waals surface area (Å²) in [5.74, 6) is 0. The van der Waals surface area contributed by atoms with Crippen LogP contribution in [0.4, 0.5) is 0 Å². The lowest BCUT2D eigenvalue weighted by molar-refractivity contribution is 0.0150. The van der Waals surface area contributed by atoms with Crippen molar-refractivity contribution in [1.82, 2.24) is 15.1 Å². The summed E-state index contributed by atoms with van der Waals surface area (Å²) in [5, 5.41) is 18.3. The molecule has 0 bridgehead atoms. The zero-order valence-electron chi connectivity index (χ0n) is 10.5. The monoisotopic (exact) mass is 301 g/mol.